The first-order chi connectivity index (χ1) is 9.70. The maximum Gasteiger partial charge on any atom is 0.238 e. The molecule has 3 rings (SSSR count). The molecule has 0 atom stereocenters. The van der Waals surface area contributed by atoms with E-state index in [9.17, 15) is 4.79 Å². The zero-order valence-electron chi connectivity index (χ0n) is 10.9. The number of carbonyl (C=O) groups is 1. The van der Waals surface area contributed by atoms with E-state index < -0.39 is 0 Å². The molecule has 5 heteroatoms. The molecule has 0 fully saturated rings. The normalized spacial score (nSPS) is 14.8. The summed E-state index contributed by atoms with van der Waals surface area (Å²) < 4.78 is 0. The van der Waals surface area contributed by atoms with Crippen molar-refractivity contribution >= 4 is 34.5 Å². The number of nitrogens with one attached hydrogen (secondary N) is 1. The number of nitrogens with zero attached hydrogens (tertiary/aromatic N) is 1. The predicted octanol–water partition coefficient (Wildman–Crippen LogP) is 3.40. The van der Waals surface area contributed by atoms with Crippen LogP contribution in [0.15, 0.2) is 35.7 Å². The third-order valence-electron chi connectivity index (χ3n) is 3.36. The van der Waals surface area contributed by atoms with Gasteiger partial charge < -0.3 is 5.32 Å². The summed E-state index contributed by atoms with van der Waals surface area (Å²) in [6.45, 7) is 2.22. The molecule has 0 bridgehead atoms. The van der Waals surface area contributed by atoms with Crippen molar-refractivity contribution in [3.05, 3.63) is 51.2 Å². The molecule has 1 aliphatic rings. The van der Waals surface area contributed by atoms with Crippen LogP contribution in [0.2, 0.25) is 5.02 Å². The molecule has 2 heterocycles. The van der Waals surface area contributed by atoms with E-state index in [0.29, 0.717) is 11.6 Å². The second-order valence-corrected chi connectivity index (χ2v) is 6.33. The summed E-state index contributed by atoms with van der Waals surface area (Å²) in [5, 5.41) is 5.64. The van der Waals surface area contributed by atoms with Crippen molar-refractivity contribution in [3.63, 3.8) is 0 Å². The van der Waals surface area contributed by atoms with Gasteiger partial charge in [-0.3, -0.25) is 9.69 Å². The van der Waals surface area contributed by atoms with E-state index in [0.717, 1.165) is 25.2 Å². The average molecular weight is 307 g/mol. The Balaban J connectivity index is 1.57. The van der Waals surface area contributed by atoms with Gasteiger partial charge >= 0.3 is 0 Å². The highest BCUT2D eigenvalue weighted by atomic mass is 35.5. The fraction of sp³-hybridized carbons (Fsp3) is 0.267. The predicted molar refractivity (Wildman–Crippen MR) is 83.4 cm³/mol. The average Bonchev–Trinajstić information content (AvgIpc) is 2.86. The zero-order valence-corrected chi connectivity index (χ0v) is 12.5. The SMILES string of the molecule is O=C(CN1CCc2sccc2C1)Nc1cccc(Cl)c1. The number of halogens is 1. The number of carbonyl (C=O) groups excluding carboxylic acids is 1. The van der Waals surface area contributed by atoms with E-state index in [1.807, 2.05) is 23.5 Å². The van der Waals surface area contributed by atoms with Crippen LogP contribution in [0, 0.1) is 0 Å². The van der Waals surface area contributed by atoms with Crippen LogP contribution >= 0.6 is 22.9 Å². The number of fused-ring (bicyclic) bond motifs is 1. The Hall–Kier alpha value is -1.36. The Bertz CT molecular complexity index is 626. The molecule has 0 radical (unpaired) electrons. The fourth-order valence-corrected chi connectivity index (χ4v) is 3.49. The summed E-state index contributed by atoms with van der Waals surface area (Å²) >= 11 is 7.71. The minimum Gasteiger partial charge on any atom is -0.325 e. The van der Waals surface area contributed by atoms with E-state index in [1.54, 1.807) is 12.1 Å². The second kappa shape index (κ2) is 5.95. The smallest absolute Gasteiger partial charge is 0.238 e. The molecule has 1 amide bonds. The molecule has 0 saturated carbocycles. The summed E-state index contributed by atoms with van der Waals surface area (Å²) in [5.74, 6) is 0.00551. The van der Waals surface area contributed by atoms with Gasteiger partial charge in [0, 0.05) is 28.7 Å². The van der Waals surface area contributed by atoms with E-state index in [1.165, 1.54) is 10.4 Å². The number of anilines is 1. The Kier molecular flexibility index (Phi) is 4.05. The number of rotatable bonds is 3. The van der Waals surface area contributed by atoms with Gasteiger partial charge in [0.25, 0.3) is 0 Å². The molecule has 0 spiro atoms. The van der Waals surface area contributed by atoms with E-state index in [-0.39, 0.29) is 5.91 Å². The van der Waals surface area contributed by atoms with Crippen LogP contribution in [-0.4, -0.2) is 23.9 Å². The fourth-order valence-electron chi connectivity index (χ4n) is 2.41. The maximum absolute atomic E-state index is 12.0. The van der Waals surface area contributed by atoms with Gasteiger partial charge in [-0.05, 0) is 41.6 Å². The lowest BCUT2D eigenvalue weighted by atomic mass is 10.1. The van der Waals surface area contributed by atoms with Crippen LogP contribution in [0.5, 0.6) is 0 Å². The lowest BCUT2D eigenvalue weighted by Crippen LogP contribution is -2.36. The molecule has 1 N–H and O–H groups in total. The van der Waals surface area contributed by atoms with Gasteiger partial charge in [-0.1, -0.05) is 17.7 Å². The van der Waals surface area contributed by atoms with Crippen LogP contribution in [-0.2, 0) is 17.8 Å². The van der Waals surface area contributed by atoms with Gasteiger partial charge in [0.2, 0.25) is 5.91 Å². The van der Waals surface area contributed by atoms with Crippen molar-refractivity contribution in [1.82, 2.24) is 4.90 Å². The van der Waals surface area contributed by atoms with E-state index >= 15 is 0 Å². The Morgan fingerprint density at radius 1 is 1.40 bits per heavy atom. The minimum absolute atomic E-state index is 0.00551. The lowest BCUT2D eigenvalue weighted by molar-refractivity contribution is -0.117. The van der Waals surface area contributed by atoms with Crippen molar-refractivity contribution in [2.24, 2.45) is 0 Å². The molecule has 104 valence electrons. The van der Waals surface area contributed by atoms with Crippen molar-refractivity contribution in [2.75, 3.05) is 18.4 Å². The minimum atomic E-state index is 0.00551. The van der Waals surface area contributed by atoms with Crippen molar-refractivity contribution in [1.29, 1.82) is 0 Å². The molecule has 1 aromatic carbocycles. The Labute approximate surface area is 127 Å². The van der Waals surface area contributed by atoms with Crippen molar-refractivity contribution < 1.29 is 4.79 Å². The number of hydrogen-bond acceptors (Lipinski definition) is 3. The number of benzene rings is 1. The Morgan fingerprint density at radius 2 is 2.30 bits per heavy atom. The van der Waals surface area contributed by atoms with E-state index in [4.69, 9.17) is 11.6 Å². The van der Waals surface area contributed by atoms with Crippen LogP contribution in [0.3, 0.4) is 0 Å². The molecule has 3 nitrogen and oxygen atoms in total. The summed E-state index contributed by atoms with van der Waals surface area (Å²) in [4.78, 5) is 15.7. The quantitative estimate of drug-likeness (QED) is 0.942. The molecular weight excluding hydrogens is 292 g/mol. The van der Waals surface area contributed by atoms with Gasteiger partial charge in [0.05, 0.1) is 6.54 Å². The van der Waals surface area contributed by atoms with Crippen LogP contribution in [0.25, 0.3) is 0 Å². The molecule has 1 aromatic heterocycles. The first-order valence-corrected chi connectivity index (χ1v) is 7.79. The van der Waals surface area contributed by atoms with Gasteiger partial charge in [0.1, 0.15) is 0 Å². The summed E-state index contributed by atoms with van der Waals surface area (Å²) in [7, 11) is 0. The standard InChI is InChI=1S/C15H15ClN2OS/c16-12-2-1-3-13(8-12)17-15(19)10-18-6-4-14-11(9-18)5-7-20-14/h1-3,5,7-8H,4,6,9-10H2,(H,17,19). The third-order valence-corrected chi connectivity index (χ3v) is 4.62. The summed E-state index contributed by atoms with van der Waals surface area (Å²) in [5.41, 5.74) is 2.10. The molecular formula is C15H15ClN2OS. The first-order valence-electron chi connectivity index (χ1n) is 6.54. The number of amides is 1. The lowest BCUT2D eigenvalue weighted by Gasteiger charge is -2.26. The van der Waals surface area contributed by atoms with Crippen LogP contribution < -0.4 is 5.32 Å². The third kappa shape index (κ3) is 3.20. The second-order valence-electron chi connectivity index (χ2n) is 4.89. The Morgan fingerprint density at radius 3 is 3.15 bits per heavy atom. The number of hydrogen-bond donors (Lipinski definition) is 1. The van der Waals surface area contributed by atoms with Crippen LogP contribution in [0.1, 0.15) is 10.4 Å². The van der Waals surface area contributed by atoms with Crippen molar-refractivity contribution in [2.45, 2.75) is 13.0 Å². The number of thiophene rings is 1. The molecule has 0 aliphatic carbocycles. The highest BCUT2D eigenvalue weighted by Crippen LogP contribution is 2.23. The van der Waals surface area contributed by atoms with Gasteiger partial charge in [-0.25, -0.2) is 0 Å². The summed E-state index contributed by atoms with van der Waals surface area (Å²) in [6, 6.07) is 9.38. The molecule has 20 heavy (non-hydrogen) atoms. The van der Waals surface area contributed by atoms with Gasteiger partial charge in [-0.15, -0.1) is 11.3 Å². The highest BCUT2D eigenvalue weighted by Gasteiger charge is 2.19. The molecule has 0 unspecified atom stereocenters. The van der Waals surface area contributed by atoms with Gasteiger partial charge in [-0.2, -0.15) is 0 Å². The maximum atomic E-state index is 12.0. The highest BCUT2D eigenvalue weighted by molar-refractivity contribution is 7.10. The zero-order chi connectivity index (χ0) is 13.9. The van der Waals surface area contributed by atoms with Crippen molar-refractivity contribution in [3.8, 4) is 0 Å². The monoisotopic (exact) mass is 306 g/mol. The largest absolute Gasteiger partial charge is 0.325 e. The summed E-state index contributed by atoms with van der Waals surface area (Å²) in [6.07, 6.45) is 1.04. The molecule has 2 aromatic rings. The topological polar surface area (TPSA) is 32.3 Å². The van der Waals surface area contributed by atoms with Gasteiger partial charge in [0.15, 0.2) is 0 Å². The van der Waals surface area contributed by atoms with Crippen LogP contribution in [0.4, 0.5) is 5.69 Å². The molecule has 1 aliphatic heterocycles. The molecule has 0 saturated heterocycles. The first kappa shape index (κ1) is 13.6. The van der Waals surface area contributed by atoms with E-state index in [2.05, 4.69) is 21.7 Å².